The van der Waals surface area contributed by atoms with Gasteiger partial charge < -0.3 is 9.80 Å². The Morgan fingerprint density at radius 1 is 1.45 bits per heavy atom. The van der Waals surface area contributed by atoms with Gasteiger partial charge in [0.1, 0.15) is 5.02 Å². The van der Waals surface area contributed by atoms with Gasteiger partial charge in [-0.05, 0) is 26.1 Å². The van der Waals surface area contributed by atoms with Crippen molar-refractivity contribution in [3.05, 3.63) is 38.9 Å². The van der Waals surface area contributed by atoms with E-state index in [0.29, 0.717) is 24.7 Å². The molecule has 0 N–H and O–H groups in total. The van der Waals surface area contributed by atoms with Crippen LogP contribution in [0.1, 0.15) is 17.3 Å². The fraction of sp³-hybridized carbons (Fsp3) is 0.462. The standard InChI is InChI=1S/C13H16ClN3O3/c1-9-8-16(6-5-15(9)2)13(18)10-3-4-12(17(19)20)11(14)7-10/h3-4,7,9H,5-6,8H2,1-2H3. The largest absolute Gasteiger partial charge is 0.336 e. The van der Waals surface area contributed by atoms with Gasteiger partial charge in [-0.3, -0.25) is 14.9 Å². The predicted molar refractivity (Wildman–Crippen MR) is 76.1 cm³/mol. The van der Waals surface area contributed by atoms with Crippen molar-refractivity contribution in [2.24, 2.45) is 0 Å². The first kappa shape index (κ1) is 14.7. The van der Waals surface area contributed by atoms with Crippen LogP contribution in [0.15, 0.2) is 18.2 Å². The number of nitro groups is 1. The maximum atomic E-state index is 12.4. The maximum absolute atomic E-state index is 12.4. The number of rotatable bonds is 2. The third-order valence-corrected chi connectivity index (χ3v) is 3.94. The second kappa shape index (κ2) is 5.76. The predicted octanol–water partition coefficient (Wildman–Crippen LogP) is 2.02. The summed E-state index contributed by atoms with van der Waals surface area (Å²) >= 11 is 5.84. The van der Waals surface area contributed by atoms with Crippen molar-refractivity contribution in [2.45, 2.75) is 13.0 Å². The zero-order valence-corrected chi connectivity index (χ0v) is 12.1. The second-order valence-corrected chi connectivity index (χ2v) is 5.41. The summed E-state index contributed by atoms with van der Waals surface area (Å²) in [4.78, 5) is 26.4. The summed E-state index contributed by atoms with van der Waals surface area (Å²) in [5.74, 6) is -0.137. The average molecular weight is 298 g/mol. The molecule has 0 spiro atoms. The van der Waals surface area contributed by atoms with Crippen molar-refractivity contribution in [3.8, 4) is 0 Å². The Morgan fingerprint density at radius 2 is 2.15 bits per heavy atom. The van der Waals surface area contributed by atoms with Gasteiger partial charge in [-0.15, -0.1) is 0 Å². The molecule has 1 saturated heterocycles. The Bertz CT molecular complexity index is 550. The lowest BCUT2D eigenvalue weighted by atomic mass is 10.1. The van der Waals surface area contributed by atoms with Crippen LogP contribution in [0.3, 0.4) is 0 Å². The van der Waals surface area contributed by atoms with E-state index < -0.39 is 4.92 Å². The van der Waals surface area contributed by atoms with Crippen molar-refractivity contribution in [1.29, 1.82) is 0 Å². The summed E-state index contributed by atoms with van der Waals surface area (Å²) in [6.45, 7) is 4.16. The number of piperazine rings is 1. The molecule has 1 aromatic rings. The summed E-state index contributed by atoms with van der Waals surface area (Å²) in [6, 6.07) is 4.39. The van der Waals surface area contributed by atoms with Gasteiger partial charge in [0, 0.05) is 37.3 Å². The number of hydrogen-bond acceptors (Lipinski definition) is 4. The lowest BCUT2D eigenvalue weighted by Gasteiger charge is -2.37. The van der Waals surface area contributed by atoms with E-state index in [9.17, 15) is 14.9 Å². The molecule has 0 saturated carbocycles. The molecule has 1 fully saturated rings. The molecular formula is C13H16ClN3O3. The van der Waals surface area contributed by atoms with Crippen LogP contribution < -0.4 is 0 Å². The highest BCUT2D eigenvalue weighted by atomic mass is 35.5. The molecule has 1 amide bonds. The molecule has 1 unspecified atom stereocenters. The second-order valence-electron chi connectivity index (χ2n) is 5.00. The van der Waals surface area contributed by atoms with Crippen molar-refractivity contribution < 1.29 is 9.72 Å². The van der Waals surface area contributed by atoms with Gasteiger partial charge in [0.2, 0.25) is 0 Å². The first-order valence-corrected chi connectivity index (χ1v) is 6.71. The third kappa shape index (κ3) is 2.91. The lowest BCUT2D eigenvalue weighted by Crippen LogP contribution is -2.52. The molecule has 1 heterocycles. The van der Waals surface area contributed by atoms with Gasteiger partial charge in [-0.1, -0.05) is 11.6 Å². The Hall–Kier alpha value is -1.66. The van der Waals surface area contributed by atoms with Crippen LogP contribution in [0.4, 0.5) is 5.69 Å². The minimum atomic E-state index is -0.561. The number of benzene rings is 1. The number of carbonyl (C=O) groups is 1. The van der Waals surface area contributed by atoms with Crippen LogP contribution in [0.25, 0.3) is 0 Å². The molecule has 2 rings (SSSR count). The molecule has 0 aliphatic carbocycles. The number of likely N-dealkylation sites (N-methyl/N-ethyl adjacent to an activating group) is 1. The molecule has 1 aromatic carbocycles. The van der Waals surface area contributed by atoms with Crippen LogP contribution in [0.2, 0.25) is 5.02 Å². The molecule has 1 aliphatic heterocycles. The van der Waals surface area contributed by atoms with Gasteiger partial charge in [0.05, 0.1) is 4.92 Å². The van der Waals surface area contributed by atoms with Crippen LogP contribution in [-0.2, 0) is 0 Å². The Labute approximate surface area is 122 Å². The van der Waals surface area contributed by atoms with E-state index >= 15 is 0 Å². The normalized spacial score (nSPS) is 19.9. The smallest absolute Gasteiger partial charge is 0.287 e. The molecule has 0 radical (unpaired) electrons. The molecule has 0 bridgehead atoms. The number of halogens is 1. The van der Waals surface area contributed by atoms with Crippen LogP contribution in [0, 0.1) is 10.1 Å². The summed E-state index contributed by atoms with van der Waals surface area (Å²) in [7, 11) is 2.02. The Morgan fingerprint density at radius 3 is 2.70 bits per heavy atom. The van der Waals surface area contributed by atoms with Gasteiger partial charge in [-0.25, -0.2) is 0 Å². The molecule has 20 heavy (non-hydrogen) atoms. The van der Waals surface area contributed by atoms with E-state index in [-0.39, 0.29) is 16.6 Å². The fourth-order valence-corrected chi connectivity index (χ4v) is 2.45. The number of amides is 1. The molecule has 1 atom stereocenters. The summed E-state index contributed by atoms with van der Waals surface area (Å²) in [5.41, 5.74) is 0.201. The SMILES string of the molecule is CC1CN(C(=O)c2ccc([N+](=O)[O-])c(Cl)c2)CCN1C. The van der Waals surface area contributed by atoms with Crippen molar-refractivity contribution in [1.82, 2.24) is 9.80 Å². The van der Waals surface area contributed by atoms with E-state index in [1.165, 1.54) is 18.2 Å². The van der Waals surface area contributed by atoms with E-state index in [4.69, 9.17) is 11.6 Å². The number of nitrogens with zero attached hydrogens (tertiary/aromatic N) is 3. The van der Waals surface area contributed by atoms with E-state index in [0.717, 1.165) is 6.54 Å². The molecule has 1 aliphatic rings. The van der Waals surface area contributed by atoms with E-state index in [1.54, 1.807) is 4.90 Å². The van der Waals surface area contributed by atoms with Gasteiger partial charge in [0.25, 0.3) is 11.6 Å². The van der Waals surface area contributed by atoms with Crippen LogP contribution >= 0.6 is 11.6 Å². The average Bonchev–Trinajstić information content (AvgIpc) is 2.40. The first-order chi connectivity index (χ1) is 9.40. The molecule has 6 nitrogen and oxygen atoms in total. The molecule has 0 aromatic heterocycles. The number of hydrogen-bond donors (Lipinski definition) is 0. The maximum Gasteiger partial charge on any atom is 0.287 e. The molecule has 108 valence electrons. The van der Waals surface area contributed by atoms with E-state index in [1.807, 2.05) is 7.05 Å². The minimum absolute atomic E-state index is 0.0111. The zero-order valence-electron chi connectivity index (χ0n) is 11.4. The van der Waals surface area contributed by atoms with Crippen LogP contribution in [-0.4, -0.2) is 53.4 Å². The molecule has 7 heteroatoms. The first-order valence-electron chi connectivity index (χ1n) is 6.33. The summed E-state index contributed by atoms with van der Waals surface area (Å²) in [6.07, 6.45) is 0. The number of nitro benzene ring substituents is 1. The van der Waals surface area contributed by atoms with Crippen LogP contribution in [0.5, 0.6) is 0 Å². The molecular weight excluding hydrogens is 282 g/mol. The Kier molecular flexibility index (Phi) is 4.25. The highest BCUT2D eigenvalue weighted by Crippen LogP contribution is 2.25. The minimum Gasteiger partial charge on any atom is -0.336 e. The Balaban J connectivity index is 2.17. The summed E-state index contributed by atoms with van der Waals surface area (Å²) < 4.78 is 0. The summed E-state index contributed by atoms with van der Waals surface area (Å²) in [5, 5.41) is 10.7. The van der Waals surface area contributed by atoms with Gasteiger partial charge in [0.15, 0.2) is 0 Å². The quantitative estimate of drug-likeness (QED) is 0.619. The monoisotopic (exact) mass is 297 g/mol. The van der Waals surface area contributed by atoms with Gasteiger partial charge >= 0.3 is 0 Å². The van der Waals surface area contributed by atoms with Gasteiger partial charge in [-0.2, -0.15) is 0 Å². The highest BCUT2D eigenvalue weighted by Gasteiger charge is 2.26. The van der Waals surface area contributed by atoms with E-state index in [2.05, 4.69) is 11.8 Å². The number of carbonyl (C=O) groups excluding carboxylic acids is 1. The highest BCUT2D eigenvalue weighted by molar-refractivity contribution is 6.33. The zero-order chi connectivity index (χ0) is 14.9. The topological polar surface area (TPSA) is 66.7 Å². The van der Waals surface area contributed by atoms with Crippen molar-refractivity contribution >= 4 is 23.2 Å². The fourth-order valence-electron chi connectivity index (χ4n) is 2.20. The van der Waals surface area contributed by atoms with Crippen molar-refractivity contribution in [3.63, 3.8) is 0 Å². The lowest BCUT2D eigenvalue weighted by molar-refractivity contribution is -0.384. The van der Waals surface area contributed by atoms with Crippen molar-refractivity contribution in [2.75, 3.05) is 26.7 Å². The third-order valence-electron chi connectivity index (χ3n) is 3.64.